The van der Waals surface area contributed by atoms with E-state index in [1.54, 1.807) is 31.3 Å². The average Bonchev–Trinajstić information content (AvgIpc) is 2.54. The molecule has 0 aliphatic rings. The predicted molar refractivity (Wildman–Crippen MR) is 84.7 cm³/mol. The molecule has 1 N–H and O–H groups in total. The zero-order chi connectivity index (χ0) is 16.1. The molecule has 0 bridgehead atoms. The zero-order valence-corrected chi connectivity index (χ0v) is 12.4. The lowest BCUT2D eigenvalue weighted by Gasteiger charge is -2.25. The minimum atomic E-state index is -0.444. The van der Waals surface area contributed by atoms with Gasteiger partial charge in [-0.1, -0.05) is 30.3 Å². The van der Waals surface area contributed by atoms with E-state index in [-0.39, 0.29) is 17.8 Å². The maximum absolute atomic E-state index is 12.2. The number of urea groups is 1. The number of carbonyl (C=O) groups excluding carboxylic acids is 1. The molecule has 2 amide bonds. The summed E-state index contributed by atoms with van der Waals surface area (Å²) in [5.74, 6) is 0. The Morgan fingerprint density at radius 2 is 1.86 bits per heavy atom. The highest BCUT2D eigenvalue weighted by Gasteiger charge is 2.19. The summed E-state index contributed by atoms with van der Waals surface area (Å²) < 4.78 is 0. The number of anilines is 1. The molecular formula is C16H17N3O3. The molecule has 2 rings (SSSR count). The van der Waals surface area contributed by atoms with Crippen LogP contribution < -0.4 is 5.32 Å². The van der Waals surface area contributed by atoms with Crippen LogP contribution in [-0.4, -0.2) is 22.9 Å². The lowest BCUT2D eigenvalue weighted by Crippen LogP contribution is -2.33. The summed E-state index contributed by atoms with van der Waals surface area (Å²) in [5.41, 5.74) is 1.42. The van der Waals surface area contributed by atoms with Gasteiger partial charge in [-0.2, -0.15) is 0 Å². The molecule has 0 radical (unpaired) electrons. The molecule has 0 aliphatic carbocycles. The van der Waals surface area contributed by atoms with Crippen molar-refractivity contribution in [3.63, 3.8) is 0 Å². The number of hydrogen-bond acceptors (Lipinski definition) is 3. The molecule has 0 spiro atoms. The highest BCUT2D eigenvalue weighted by Crippen LogP contribution is 2.23. The molecule has 1 unspecified atom stereocenters. The van der Waals surface area contributed by atoms with Crippen LogP contribution in [0.5, 0.6) is 0 Å². The Balaban J connectivity index is 2.11. The minimum Gasteiger partial charge on any atom is -0.321 e. The Morgan fingerprint density at radius 1 is 1.18 bits per heavy atom. The van der Waals surface area contributed by atoms with Gasteiger partial charge in [-0.3, -0.25) is 10.1 Å². The standard InChI is InChI=1S/C16H17N3O3/c1-12(13-7-6-10-15(11-13)19(21)22)18(2)16(20)17-14-8-4-3-5-9-14/h3-12H,1-2H3,(H,17,20). The van der Waals surface area contributed by atoms with Crippen LogP contribution in [0.2, 0.25) is 0 Å². The second kappa shape index (κ2) is 6.71. The third-order valence-corrected chi connectivity index (χ3v) is 3.49. The van der Waals surface area contributed by atoms with Crippen molar-refractivity contribution in [2.45, 2.75) is 13.0 Å². The fourth-order valence-electron chi connectivity index (χ4n) is 2.03. The maximum atomic E-state index is 12.2. The molecule has 0 saturated heterocycles. The molecule has 114 valence electrons. The van der Waals surface area contributed by atoms with Crippen LogP contribution in [0.3, 0.4) is 0 Å². The molecule has 22 heavy (non-hydrogen) atoms. The Hall–Kier alpha value is -2.89. The van der Waals surface area contributed by atoms with Crippen LogP contribution in [0.15, 0.2) is 54.6 Å². The number of benzene rings is 2. The molecule has 0 aromatic heterocycles. The lowest BCUT2D eigenvalue weighted by atomic mass is 10.1. The van der Waals surface area contributed by atoms with Gasteiger partial charge < -0.3 is 10.2 Å². The Kier molecular flexibility index (Phi) is 4.73. The second-order valence-corrected chi connectivity index (χ2v) is 4.94. The fraction of sp³-hybridized carbons (Fsp3) is 0.188. The van der Waals surface area contributed by atoms with Crippen molar-refractivity contribution in [2.75, 3.05) is 12.4 Å². The highest BCUT2D eigenvalue weighted by molar-refractivity contribution is 5.89. The van der Waals surface area contributed by atoms with Gasteiger partial charge in [-0.25, -0.2) is 4.79 Å². The lowest BCUT2D eigenvalue weighted by molar-refractivity contribution is -0.384. The van der Waals surface area contributed by atoms with E-state index >= 15 is 0 Å². The van der Waals surface area contributed by atoms with Gasteiger partial charge in [-0.05, 0) is 24.6 Å². The Morgan fingerprint density at radius 3 is 2.50 bits per heavy atom. The predicted octanol–water partition coefficient (Wildman–Crippen LogP) is 3.82. The van der Waals surface area contributed by atoms with E-state index in [9.17, 15) is 14.9 Å². The smallest absolute Gasteiger partial charge is 0.321 e. The number of nitro benzene ring substituents is 1. The second-order valence-electron chi connectivity index (χ2n) is 4.94. The SMILES string of the molecule is CC(c1cccc([N+](=O)[O-])c1)N(C)C(=O)Nc1ccccc1. The molecular weight excluding hydrogens is 282 g/mol. The van der Waals surface area contributed by atoms with Gasteiger partial charge in [0.25, 0.3) is 5.69 Å². The molecule has 6 nitrogen and oxygen atoms in total. The summed E-state index contributed by atoms with van der Waals surface area (Å²) in [6.07, 6.45) is 0. The third-order valence-electron chi connectivity index (χ3n) is 3.49. The number of amides is 2. The number of hydrogen-bond donors (Lipinski definition) is 1. The van der Waals surface area contributed by atoms with E-state index in [0.717, 1.165) is 0 Å². The number of para-hydroxylation sites is 1. The quantitative estimate of drug-likeness (QED) is 0.688. The first-order valence-electron chi connectivity index (χ1n) is 6.82. The van der Waals surface area contributed by atoms with Gasteiger partial charge >= 0.3 is 6.03 Å². The van der Waals surface area contributed by atoms with Gasteiger partial charge in [0.15, 0.2) is 0 Å². The fourth-order valence-corrected chi connectivity index (χ4v) is 2.03. The van der Waals surface area contributed by atoms with Gasteiger partial charge in [-0.15, -0.1) is 0 Å². The molecule has 0 aliphatic heterocycles. The highest BCUT2D eigenvalue weighted by atomic mass is 16.6. The van der Waals surface area contributed by atoms with Crippen LogP contribution in [0.1, 0.15) is 18.5 Å². The molecule has 2 aromatic carbocycles. The van der Waals surface area contributed by atoms with Crippen molar-refractivity contribution in [1.82, 2.24) is 4.90 Å². The zero-order valence-electron chi connectivity index (χ0n) is 12.4. The molecule has 0 fully saturated rings. The van der Waals surface area contributed by atoms with E-state index in [1.165, 1.54) is 17.0 Å². The van der Waals surface area contributed by atoms with Gasteiger partial charge in [0.1, 0.15) is 0 Å². The molecule has 2 aromatic rings. The number of nitro groups is 1. The summed E-state index contributed by atoms with van der Waals surface area (Å²) in [6.45, 7) is 1.82. The summed E-state index contributed by atoms with van der Waals surface area (Å²) >= 11 is 0. The van der Waals surface area contributed by atoms with Crippen LogP contribution in [-0.2, 0) is 0 Å². The Labute approximate surface area is 128 Å². The van der Waals surface area contributed by atoms with Crippen molar-refractivity contribution >= 4 is 17.4 Å². The third kappa shape index (κ3) is 3.60. The van der Waals surface area contributed by atoms with Gasteiger partial charge in [0.05, 0.1) is 11.0 Å². The summed E-state index contributed by atoms with van der Waals surface area (Å²) in [7, 11) is 1.65. The van der Waals surface area contributed by atoms with E-state index in [2.05, 4.69) is 5.32 Å². The average molecular weight is 299 g/mol. The molecule has 6 heteroatoms. The maximum Gasteiger partial charge on any atom is 0.322 e. The number of nitrogens with one attached hydrogen (secondary N) is 1. The topological polar surface area (TPSA) is 75.5 Å². The summed E-state index contributed by atoms with van der Waals surface area (Å²) in [4.78, 5) is 24.1. The monoisotopic (exact) mass is 299 g/mol. The van der Waals surface area contributed by atoms with Crippen molar-refractivity contribution in [3.8, 4) is 0 Å². The van der Waals surface area contributed by atoms with E-state index in [1.807, 2.05) is 25.1 Å². The minimum absolute atomic E-state index is 0.0150. The first-order valence-corrected chi connectivity index (χ1v) is 6.82. The Bertz CT molecular complexity index is 673. The largest absolute Gasteiger partial charge is 0.322 e. The van der Waals surface area contributed by atoms with Crippen molar-refractivity contribution in [2.24, 2.45) is 0 Å². The molecule has 1 atom stereocenters. The first kappa shape index (κ1) is 15.5. The number of carbonyl (C=O) groups is 1. The van der Waals surface area contributed by atoms with E-state index in [0.29, 0.717) is 11.3 Å². The number of rotatable bonds is 4. The van der Waals surface area contributed by atoms with Crippen molar-refractivity contribution < 1.29 is 9.72 Å². The normalized spacial score (nSPS) is 11.5. The van der Waals surface area contributed by atoms with Crippen molar-refractivity contribution in [3.05, 3.63) is 70.3 Å². The molecule has 0 saturated carbocycles. The van der Waals surface area contributed by atoms with Gasteiger partial charge in [0.2, 0.25) is 0 Å². The number of nitrogens with zero attached hydrogens (tertiary/aromatic N) is 2. The van der Waals surface area contributed by atoms with E-state index < -0.39 is 4.92 Å². The van der Waals surface area contributed by atoms with E-state index in [4.69, 9.17) is 0 Å². The first-order chi connectivity index (χ1) is 10.5. The van der Waals surface area contributed by atoms with Crippen LogP contribution in [0.25, 0.3) is 0 Å². The summed E-state index contributed by atoms with van der Waals surface area (Å²) in [6, 6.07) is 14.9. The molecule has 0 heterocycles. The summed E-state index contributed by atoms with van der Waals surface area (Å²) in [5, 5.41) is 13.6. The van der Waals surface area contributed by atoms with Gasteiger partial charge in [0, 0.05) is 24.9 Å². The van der Waals surface area contributed by atoms with Crippen molar-refractivity contribution in [1.29, 1.82) is 0 Å². The number of non-ortho nitro benzene ring substituents is 1. The van der Waals surface area contributed by atoms with Crippen LogP contribution in [0.4, 0.5) is 16.2 Å². The van der Waals surface area contributed by atoms with Crippen LogP contribution in [0, 0.1) is 10.1 Å². The van der Waals surface area contributed by atoms with Crippen LogP contribution >= 0.6 is 0 Å².